The fourth-order valence-electron chi connectivity index (χ4n) is 10.4. The summed E-state index contributed by atoms with van der Waals surface area (Å²) in [4.78, 5) is 73.7. The minimum Gasteiger partial charge on any atom is -0.453 e. The molecule has 0 bridgehead atoms. The standard InChI is InChI=1S/C46H56Cl2N8O8Si/c1-61-45(59)51-37(29-13-17-63-18-14-29)43(57)55-24-65(3,4)23-34(55)42-50-36(40(48)54-42)28-11-7-26(8-12-28)25-5-9-27(10-6-25)35-39(47)53-41(49-35)33-22-31-21-32(31)56(33)44(58)38(52-46(60)62-2)30-15-19-64-20-16-30/h5-12,29-34,37-38H,13-24H2,1-4H3,(H,49,53)(H,50,54)(H,51,59)(H,52,60)/t31-,32-,33+,34+,37+,38+/m1/s1. The second-order valence-corrected chi connectivity index (χ2v) is 24.5. The Morgan fingerprint density at radius 2 is 1.14 bits per heavy atom. The summed E-state index contributed by atoms with van der Waals surface area (Å²) in [6.07, 6.45) is 3.74. The molecule has 6 atom stereocenters. The van der Waals surface area contributed by atoms with Crippen LogP contribution in [0.25, 0.3) is 33.6 Å². The van der Waals surface area contributed by atoms with Crippen LogP contribution in [0.1, 0.15) is 62.3 Å². The van der Waals surface area contributed by atoms with E-state index in [0.29, 0.717) is 97.5 Å². The number of halogens is 2. The number of nitrogens with one attached hydrogen (secondary N) is 4. The molecule has 1 aliphatic carbocycles. The normalized spacial score (nSPS) is 24.0. The molecule has 19 heteroatoms. The number of benzene rings is 2. The zero-order chi connectivity index (χ0) is 45.6. The lowest BCUT2D eigenvalue weighted by Crippen LogP contribution is -2.54. The molecule has 0 radical (unpaired) electrons. The van der Waals surface area contributed by atoms with E-state index in [-0.39, 0.29) is 41.8 Å². The number of rotatable bonds is 11. The summed E-state index contributed by atoms with van der Waals surface area (Å²) in [5.74, 6) is 1.24. The Bertz CT molecular complexity index is 2400. The largest absolute Gasteiger partial charge is 0.453 e. The van der Waals surface area contributed by atoms with E-state index in [2.05, 4.69) is 33.7 Å². The second-order valence-electron chi connectivity index (χ2n) is 18.8. The number of hydrogen-bond donors (Lipinski definition) is 4. The van der Waals surface area contributed by atoms with Gasteiger partial charge in [0.05, 0.1) is 45.8 Å². The third kappa shape index (κ3) is 9.39. The first-order chi connectivity index (χ1) is 31.3. The van der Waals surface area contributed by atoms with Gasteiger partial charge in [-0.2, -0.15) is 0 Å². The van der Waals surface area contributed by atoms with Crippen LogP contribution in [0.3, 0.4) is 0 Å². The van der Waals surface area contributed by atoms with Gasteiger partial charge in [0, 0.05) is 49.8 Å². The van der Waals surface area contributed by atoms with E-state index >= 15 is 0 Å². The molecular weight excluding hydrogens is 892 g/mol. The Morgan fingerprint density at radius 3 is 1.62 bits per heavy atom. The second kappa shape index (κ2) is 18.7. The lowest BCUT2D eigenvalue weighted by Gasteiger charge is -2.35. The Balaban J connectivity index is 0.896. The smallest absolute Gasteiger partial charge is 0.407 e. The van der Waals surface area contributed by atoms with Crippen LogP contribution in [-0.2, 0) is 28.5 Å². The highest BCUT2D eigenvalue weighted by atomic mass is 35.5. The van der Waals surface area contributed by atoms with Crippen molar-refractivity contribution in [3.05, 3.63) is 70.5 Å². The number of aromatic amines is 2. The van der Waals surface area contributed by atoms with Gasteiger partial charge in [-0.1, -0.05) is 84.8 Å². The zero-order valence-electron chi connectivity index (χ0n) is 37.0. The number of amides is 4. The van der Waals surface area contributed by atoms with Crippen molar-refractivity contribution in [1.29, 1.82) is 0 Å². The maximum absolute atomic E-state index is 14.3. The average Bonchev–Trinajstić information content (AvgIpc) is 3.59. The van der Waals surface area contributed by atoms with Gasteiger partial charge in [0.1, 0.15) is 23.7 Å². The molecule has 4 amide bonds. The average molecular weight is 948 g/mol. The summed E-state index contributed by atoms with van der Waals surface area (Å²) < 4.78 is 20.9. The van der Waals surface area contributed by atoms with Gasteiger partial charge in [-0.05, 0) is 73.4 Å². The van der Waals surface area contributed by atoms with Gasteiger partial charge in [0.15, 0.2) is 10.3 Å². The maximum atomic E-state index is 14.3. The summed E-state index contributed by atoms with van der Waals surface area (Å²) in [5.41, 5.74) is 5.02. The van der Waals surface area contributed by atoms with E-state index in [0.717, 1.165) is 41.1 Å². The van der Waals surface area contributed by atoms with E-state index in [4.69, 9.17) is 52.1 Å². The molecule has 6 heterocycles. The van der Waals surface area contributed by atoms with Gasteiger partial charge in [0.2, 0.25) is 11.8 Å². The summed E-state index contributed by atoms with van der Waals surface area (Å²) in [5, 5.41) is 6.31. The number of carbonyl (C=O) groups is 4. The highest BCUT2D eigenvalue weighted by Crippen LogP contribution is 2.54. The summed E-state index contributed by atoms with van der Waals surface area (Å²) >= 11 is 13.6. The fraction of sp³-hybridized carbons (Fsp3) is 0.522. The molecule has 4 aliphatic heterocycles. The molecule has 4 N–H and O–H groups in total. The predicted molar refractivity (Wildman–Crippen MR) is 246 cm³/mol. The first kappa shape index (κ1) is 45.2. The molecule has 0 spiro atoms. The Kier molecular flexibility index (Phi) is 13.0. The molecule has 5 aliphatic rings. The minimum atomic E-state index is -1.86. The summed E-state index contributed by atoms with van der Waals surface area (Å²) in [7, 11) is 0.748. The fourth-order valence-corrected chi connectivity index (χ4v) is 13.8. The van der Waals surface area contributed by atoms with Gasteiger partial charge in [-0.15, -0.1) is 0 Å². The van der Waals surface area contributed by atoms with Crippen molar-refractivity contribution in [3.63, 3.8) is 0 Å². The first-order valence-corrected chi connectivity index (χ1v) is 26.7. The van der Waals surface area contributed by atoms with E-state index in [1.165, 1.54) is 14.2 Å². The number of alkyl carbamates (subject to hydrolysis) is 2. The lowest BCUT2D eigenvalue weighted by atomic mass is 9.90. The molecule has 16 nitrogen and oxygen atoms in total. The molecular formula is C46H56Cl2N8O8Si. The predicted octanol–water partition coefficient (Wildman–Crippen LogP) is 7.54. The van der Waals surface area contributed by atoms with Gasteiger partial charge >= 0.3 is 12.2 Å². The van der Waals surface area contributed by atoms with Crippen molar-refractivity contribution in [2.45, 2.75) is 87.9 Å². The third-order valence-corrected chi connectivity index (χ3v) is 17.2. The van der Waals surface area contributed by atoms with E-state index in [9.17, 15) is 19.2 Å². The zero-order valence-corrected chi connectivity index (χ0v) is 39.5. The molecule has 4 saturated heterocycles. The monoisotopic (exact) mass is 946 g/mol. The number of methoxy groups -OCH3 is 2. The van der Waals surface area contributed by atoms with Crippen LogP contribution in [0.4, 0.5) is 9.59 Å². The van der Waals surface area contributed by atoms with Crippen molar-refractivity contribution in [2.24, 2.45) is 17.8 Å². The number of H-pyrrole nitrogens is 2. The molecule has 5 fully saturated rings. The SMILES string of the molecule is COC(=O)N[C@H](C(=O)N1C[Si](C)(C)C[C@H]1c1nc(Cl)c(-c2ccc(-c3ccc(-c4[nH]c([C@@H]5C[C@H]6C[C@H]6N5C(=O)[C@@H](NC(=O)OC)C5CCOCC5)nc4Cl)cc3)cc2)[nH]1)C1CCOCC1. The van der Waals surface area contributed by atoms with Crippen LogP contribution >= 0.6 is 23.2 Å². The van der Waals surface area contributed by atoms with Crippen LogP contribution in [0.15, 0.2) is 48.5 Å². The summed E-state index contributed by atoms with van der Waals surface area (Å²) in [6, 6.07) is 14.9. The highest BCUT2D eigenvalue weighted by Gasteiger charge is 2.57. The van der Waals surface area contributed by atoms with Crippen LogP contribution < -0.4 is 10.6 Å². The van der Waals surface area contributed by atoms with Crippen LogP contribution in [-0.4, -0.2) is 127 Å². The van der Waals surface area contributed by atoms with E-state index < -0.39 is 32.3 Å². The van der Waals surface area contributed by atoms with E-state index in [1.54, 1.807) is 0 Å². The molecule has 346 valence electrons. The summed E-state index contributed by atoms with van der Waals surface area (Å²) in [6.45, 7) is 6.67. The Labute approximate surface area is 388 Å². The molecule has 1 saturated carbocycles. The molecule has 0 unspecified atom stereocenters. The number of ether oxygens (including phenoxy) is 4. The van der Waals surface area contributed by atoms with Crippen LogP contribution in [0.2, 0.25) is 29.4 Å². The number of likely N-dealkylation sites (tertiary alicyclic amines) is 1. The van der Waals surface area contributed by atoms with Gasteiger partial charge in [-0.25, -0.2) is 19.6 Å². The van der Waals surface area contributed by atoms with Crippen molar-refractivity contribution in [1.82, 2.24) is 40.4 Å². The molecule has 4 aromatic rings. The highest BCUT2D eigenvalue weighted by molar-refractivity contribution is 6.78. The van der Waals surface area contributed by atoms with Crippen LogP contribution in [0.5, 0.6) is 0 Å². The van der Waals surface area contributed by atoms with Gasteiger partial charge in [-0.3, -0.25) is 9.59 Å². The van der Waals surface area contributed by atoms with Crippen molar-refractivity contribution >= 4 is 55.3 Å². The third-order valence-electron chi connectivity index (χ3n) is 14.0. The van der Waals surface area contributed by atoms with Gasteiger partial charge in [0.25, 0.3) is 0 Å². The molecule has 2 aromatic heterocycles. The van der Waals surface area contributed by atoms with Crippen molar-refractivity contribution in [2.75, 3.05) is 46.8 Å². The number of fused-ring (bicyclic) bond motifs is 1. The topological polar surface area (TPSA) is 193 Å². The quantitative estimate of drug-likeness (QED) is 0.109. The van der Waals surface area contributed by atoms with Gasteiger partial charge < -0.3 is 49.3 Å². The minimum absolute atomic E-state index is 0.0584. The van der Waals surface area contributed by atoms with Crippen molar-refractivity contribution in [3.8, 4) is 33.6 Å². The molecule has 9 rings (SSSR count). The molecule has 2 aromatic carbocycles. The first-order valence-electron chi connectivity index (χ1n) is 22.5. The van der Waals surface area contributed by atoms with Crippen molar-refractivity contribution < 1.29 is 38.1 Å². The molecule has 65 heavy (non-hydrogen) atoms. The Hall–Kier alpha value is -4.94. The maximum Gasteiger partial charge on any atom is 0.407 e. The number of hydrogen-bond acceptors (Lipinski definition) is 10. The van der Waals surface area contributed by atoms with E-state index in [1.807, 2.05) is 58.3 Å². The number of carbonyl (C=O) groups excluding carboxylic acids is 4. The number of aromatic nitrogens is 4. The lowest BCUT2D eigenvalue weighted by molar-refractivity contribution is -0.138. The number of imidazole rings is 2. The number of nitrogens with zero attached hydrogens (tertiary/aromatic N) is 4. The van der Waals surface area contributed by atoms with Crippen LogP contribution in [0, 0.1) is 17.8 Å². The Morgan fingerprint density at radius 1 is 0.692 bits per heavy atom. The number of piperidine rings is 1.